The van der Waals surface area contributed by atoms with Crippen LogP contribution in [0.1, 0.15) is 18.5 Å². The number of aromatic nitrogens is 1. The molecule has 3 nitrogen and oxygen atoms in total. The number of nitrogens with one attached hydrogen (secondary N) is 1. The zero-order valence-electron chi connectivity index (χ0n) is 12.5. The Morgan fingerprint density at radius 3 is 2.65 bits per heavy atom. The molecule has 1 saturated heterocycles. The van der Waals surface area contributed by atoms with Crippen LogP contribution < -0.4 is 10.2 Å². The Hall–Kier alpha value is -1.89. The number of pyridine rings is 1. The molecule has 0 unspecified atom stereocenters. The molecule has 2 heterocycles. The molecule has 0 bridgehead atoms. The fourth-order valence-corrected chi connectivity index (χ4v) is 2.83. The highest BCUT2D eigenvalue weighted by atomic mass is 19.4. The van der Waals surface area contributed by atoms with Gasteiger partial charge in [-0.2, -0.15) is 13.2 Å². The van der Waals surface area contributed by atoms with Crippen LogP contribution in [0, 0.1) is 5.82 Å². The van der Waals surface area contributed by atoms with Crippen molar-refractivity contribution in [2.75, 3.05) is 31.1 Å². The number of nitrogens with zero attached hydrogens (tertiary/aromatic N) is 2. The summed E-state index contributed by atoms with van der Waals surface area (Å²) in [5, 5.41) is 3.65. The van der Waals surface area contributed by atoms with E-state index in [2.05, 4.69) is 10.3 Å². The Balaban J connectivity index is 2.13. The zero-order chi connectivity index (χ0) is 16.4. The highest BCUT2D eigenvalue weighted by molar-refractivity contribution is 5.92. The molecule has 0 radical (unpaired) electrons. The van der Waals surface area contributed by atoms with Gasteiger partial charge in [-0.1, -0.05) is 0 Å². The topological polar surface area (TPSA) is 28.2 Å². The maximum absolute atomic E-state index is 13.6. The third kappa shape index (κ3) is 3.55. The summed E-state index contributed by atoms with van der Waals surface area (Å²) < 4.78 is 52.9. The van der Waals surface area contributed by atoms with Crippen LogP contribution in [-0.4, -0.2) is 31.2 Å². The van der Waals surface area contributed by atoms with Gasteiger partial charge in [-0.25, -0.2) is 9.37 Å². The number of hydrogen-bond donors (Lipinski definition) is 1. The molecule has 1 aliphatic rings. The number of rotatable bonds is 1. The molecule has 124 valence electrons. The van der Waals surface area contributed by atoms with E-state index in [9.17, 15) is 17.6 Å². The summed E-state index contributed by atoms with van der Waals surface area (Å²) in [5.41, 5.74) is -0.390. The SMILES string of the molecule is Fc1ccc2nc(C(F)(F)F)cc(N3CCCCNCC3)c2c1. The van der Waals surface area contributed by atoms with Gasteiger partial charge in [0.25, 0.3) is 0 Å². The number of anilines is 1. The van der Waals surface area contributed by atoms with Gasteiger partial charge in [0.15, 0.2) is 0 Å². The Kier molecular flexibility index (Phi) is 4.39. The van der Waals surface area contributed by atoms with Gasteiger partial charge in [-0.3, -0.25) is 0 Å². The first-order valence-corrected chi connectivity index (χ1v) is 7.58. The molecule has 0 saturated carbocycles. The molecule has 3 rings (SSSR count). The number of alkyl halides is 3. The summed E-state index contributed by atoms with van der Waals surface area (Å²) in [6.45, 7) is 2.81. The maximum Gasteiger partial charge on any atom is 0.433 e. The molecule has 1 aromatic carbocycles. The van der Waals surface area contributed by atoms with Gasteiger partial charge in [-0.05, 0) is 43.7 Å². The van der Waals surface area contributed by atoms with Crippen LogP contribution in [0.3, 0.4) is 0 Å². The van der Waals surface area contributed by atoms with E-state index < -0.39 is 17.7 Å². The van der Waals surface area contributed by atoms with Crippen LogP contribution in [0.25, 0.3) is 10.9 Å². The third-order valence-corrected chi connectivity index (χ3v) is 3.97. The number of benzene rings is 1. The molecule has 1 aliphatic heterocycles. The van der Waals surface area contributed by atoms with Gasteiger partial charge in [0.1, 0.15) is 11.5 Å². The molecule has 1 N–H and O–H groups in total. The smallest absolute Gasteiger partial charge is 0.370 e. The van der Waals surface area contributed by atoms with Crippen LogP contribution in [0.4, 0.5) is 23.2 Å². The van der Waals surface area contributed by atoms with Crippen molar-refractivity contribution in [1.82, 2.24) is 10.3 Å². The highest BCUT2D eigenvalue weighted by Crippen LogP contribution is 2.35. The van der Waals surface area contributed by atoms with Crippen molar-refractivity contribution in [3.05, 3.63) is 35.8 Å². The number of fused-ring (bicyclic) bond motifs is 1. The predicted octanol–water partition coefficient (Wildman–Crippen LogP) is 3.58. The molecular formula is C16H17F4N3. The first-order chi connectivity index (χ1) is 10.9. The second-order valence-electron chi connectivity index (χ2n) is 5.63. The van der Waals surface area contributed by atoms with E-state index in [1.807, 2.05) is 4.90 Å². The van der Waals surface area contributed by atoms with Gasteiger partial charge in [-0.15, -0.1) is 0 Å². The van der Waals surface area contributed by atoms with E-state index in [4.69, 9.17) is 0 Å². The molecule has 2 aromatic rings. The maximum atomic E-state index is 13.6. The second kappa shape index (κ2) is 6.31. The van der Waals surface area contributed by atoms with Crippen molar-refractivity contribution in [2.45, 2.75) is 19.0 Å². The standard InChI is InChI=1S/C16H17F4N3/c17-11-3-4-13-12(9-11)14(10-15(22-13)16(18,19)20)23-7-2-1-5-21-6-8-23/h3-4,9-10,21H,1-2,5-8H2. The highest BCUT2D eigenvalue weighted by Gasteiger charge is 2.34. The van der Waals surface area contributed by atoms with Crippen molar-refractivity contribution < 1.29 is 17.6 Å². The summed E-state index contributed by atoms with van der Waals surface area (Å²) in [6, 6.07) is 4.72. The van der Waals surface area contributed by atoms with Crippen molar-refractivity contribution in [1.29, 1.82) is 0 Å². The molecule has 0 amide bonds. The van der Waals surface area contributed by atoms with Gasteiger partial charge >= 0.3 is 6.18 Å². The molecule has 0 aliphatic carbocycles. The van der Waals surface area contributed by atoms with Crippen LogP contribution in [-0.2, 0) is 6.18 Å². The van der Waals surface area contributed by atoms with E-state index in [-0.39, 0.29) is 5.52 Å². The summed E-state index contributed by atoms with van der Waals surface area (Å²) >= 11 is 0. The van der Waals surface area contributed by atoms with Crippen molar-refractivity contribution >= 4 is 16.6 Å². The summed E-state index contributed by atoms with van der Waals surface area (Å²) in [4.78, 5) is 5.53. The fraction of sp³-hybridized carbons (Fsp3) is 0.438. The number of hydrogen-bond acceptors (Lipinski definition) is 3. The lowest BCUT2D eigenvalue weighted by atomic mass is 10.1. The molecule has 0 atom stereocenters. The lowest BCUT2D eigenvalue weighted by Crippen LogP contribution is -2.36. The Morgan fingerprint density at radius 2 is 1.87 bits per heavy atom. The molecular weight excluding hydrogens is 310 g/mol. The quantitative estimate of drug-likeness (QED) is 0.812. The fourth-order valence-electron chi connectivity index (χ4n) is 2.83. The molecule has 1 fully saturated rings. The van der Waals surface area contributed by atoms with E-state index in [1.54, 1.807) is 0 Å². The average molecular weight is 327 g/mol. The van der Waals surface area contributed by atoms with Crippen LogP contribution >= 0.6 is 0 Å². The first-order valence-electron chi connectivity index (χ1n) is 7.58. The second-order valence-corrected chi connectivity index (χ2v) is 5.63. The summed E-state index contributed by atoms with van der Waals surface area (Å²) in [6.07, 6.45) is -2.70. The predicted molar refractivity (Wildman–Crippen MR) is 81.0 cm³/mol. The largest absolute Gasteiger partial charge is 0.433 e. The van der Waals surface area contributed by atoms with Gasteiger partial charge < -0.3 is 10.2 Å². The molecule has 1 aromatic heterocycles. The normalized spacial score (nSPS) is 17.1. The van der Waals surface area contributed by atoms with Crippen molar-refractivity contribution in [3.63, 3.8) is 0 Å². The minimum absolute atomic E-state index is 0.159. The van der Waals surface area contributed by atoms with Gasteiger partial charge in [0.2, 0.25) is 0 Å². The minimum Gasteiger partial charge on any atom is -0.370 e. The first kappa shape index (κ1) is 16.0. The van der Waals surface area contributed by atoms with Gasteiger partial charge in [0, 0.05) is 30.7 Å². The Labute approximate surface area is 131 Å². The van der Waals surface area contributed by atoms with Crippen molar-refractivity contribution in [2.24, 2.45) is 0 Å². The van der Waals surface area contributed by atoms with E-state index >= 15 is 0 Å². The Morgan fingerprint density at radius 1 is 1.04 bits per heavy atom. The van der Waals surface area contributed by atoms with Gasteiger partial charge in [0.05, 0.1) is 5.52 Å². The van der Waals surface area contributed by atoms with Crippen LogP contribution in [0.5, 0.6) is 0 Å². The lowest BCUT2D eigenvalue weighted by molar-refractivity contribution is -0.140. The monoisotopic (exact) mass is 327 g/mol. The average Bonchev–Trinajstić information content (AvgIpc) is 2.45. The molecule has 7 heteroatoms. The van der Waals surface area contributed by atoms with Crippen LogP contribution in [0.15, 0.2) is 24.3 Å². The third-order valence-electron chi connectivity index (χ3n) is 3.97. The van der Waals surface area contributed by atoms with Crippen molar-refractivity contribution in [3.8, 4) is 0 Å². The molecule has 0 spiro atoms. The van der Waals surface area contributed by atoms with E-state index in [0.29, 0.717) is 30.7 Å². The Bertz CT molecular complexity index is 692. The van der Waals surface area contributed by atoms with E-state index in [1.165, 1.54) is 12.1 Å². The summed E-state index contributed by atoms with van der Waals surface area (Å²) in [5.74, 6) is -0.481. The summed E-state index contributed by atoms with van der Waals surface area (Å²) in [7, 11) is 0. The van der Waals surface area contributed by atoms with E-state index in [0.717, 1.165) is 31.5 Å². The molecule has 23 heavy (non-hydrogen) atoms. The van der Waals surface area contributed by atoms with Crippen LogP contribution in [0.2, 0.25) is 0 Å². The lowest BCUT2D eigenvalue weighted by Gasteiger charge is -2.29. The zero-order valence-corrected chi connectivity index (χ0v) is 12.5. The minimum atomic E-state index is -4.53. The number of halogens is 4.